The molecular weight excluding hydrogens is 1050 g/mol. The predicted molar refractivity (Wildman–Crippen MR) is 373 cm³/mol. The summed E-state index contributed by atoms with van der Waals surface area (Å²) in [6.45, 7) is 73.8. The van der Waals surface area contributed by atoms with Gasteiger partial charge < -0.3 is 34.2 Å². The number of aliphatic hydroxyl groups excluding tert-OH is 1. The lowest BCUT2D eigenvalue weighted by Crippen LogP contribution is -2.52. The minimum Gasteiger partial charge on any atom is -0.395 e. The van der Waals surface area contributed by atoms with Gasteiger partial charge in [0.1, 0.15) is 0 Å². The zero-order valence-corrected chi connectivity index (χ0v) is 61.9. The number of hydrogen-bond acceptors (Lipinski definition) is 13. The van der Waals surface area contributed by atoms with Crippen molar-refractivity contribution < 1.29 is 14.6 Å². The van der Waals surface area contributed by atoms with Crippen molar-refractivity contribution in [3.63, 3.8) is 0 Å². The molecule has 8 rings (SSSR count). The lowest BCUT2D eigenvalue weighted by Gasteiger charge is -2.40. The average Bonchev–Trinajstić information content (AvgIpc) is 4.03. The average molecular weight is 1210 g/mol. The highest BCUT2D eigenvalue weighted by Gasteiger charge is 2.27. The monoisotopic (exact) mass is 1210 g/mol. The summed E-state index contributed by atoms with van der Waals surface area (Å²) in [5.74, 6) is 1.84. The summed E-state index contributed by atoms with van der Waals surface area (Å²) >= 11 is 0. The maximum atomic E-state index is 9.07. The first-order valence-electron chi connectivity index (χ1n) is 36.2. The summed E-state index contributed by atoms with van der Waals surface area (Å²) in [6.07, 6.45) is 17.0. The van der Waals surface area contributed by atoms with E-state index in [-0.39, 0.29) is 0 Å². The van der Waals surface area contributed by atoms with E-state index in [0.717, 1.165) is 87.5 Å². The van der Waals surface area contributed by atoms with Gasteiger partial charge in [0.05, 0.1) is 32.5 Å². The van der Waals surface area contributed by atoms with Crippen LogP contribution in [0.5, 0.6) is 0 Å². The number of piperidine rings is 2. The maximum absolute atomic E-state index is 9.07. The van der Waals surface area contributed by atoms with Crippen LogP contribution >= 0.6 is 0 Å². The molecule has 13 heteroatoms. The molecule has 8 saturated heterocycles. The van der Waals surface area contributed by atoms with Crippen molar-refractivity contribution in [3.05, 3.63) is 0 Å². The van der Waals surface area contributed by atoms with Crippen molar-refractivity contribution in [1.82, 2.24) is 49.0 Å². The van der Waals surface area contributed by atoms with Gasteiger partial charge >= 0.3 is 0 Å². The molecule has 0 aromatic rings. The number of likely N-dealkylation sites (tertiary alicyclic amines) is 4. The molecule has 0 bridgehead atoms. The molecule has 8 atom stereocenters. The molecule has 13 nitrogen and oxygen atoms in total. The van der Waals surface area contributed by atoms with Gasteiger partial charge in [-0.15, -0.1) is 0 Å². The van der Waals surface area contributed by atoms with Crippen LogP contribution in [0.1, 0.15) is 236 Å². The highest BCUT2D eigenvalue weighted by molar-refractivity contribution is 4.82. The molecule has 0 aromatic heterocycles. The SMILES string of the molecule is CC(C)N1CCCCC[C@H]1C.CC(C)N1CCCC[C@@H](C)C1.CC(C)N1CCCC[C@H]1CO.CC(C)N1CCC[C@@H](C)C1.CC(C)N1CCN(C)C[C@H]1C.CC(C)N1CCN(C)[C@@H](C)C1.CC(C)N1CCOC[C@H]1C.CC(C)N1CCO[C@@H](C)C1. The minimum atomic E-state index is 0.332. The van der Waals surface area contributed by atoms with E-state index in [1.54, 1.807) is 0 Å². The van der Waals surface area contributed by atoms with Crippen molar-refractivity contribution in [2.75, 3.05) is 139 Å². The van der Waals surface area contributed by atoms with E-state index in [9.17, 15) is 0 Å². The Bertz CT molecular complexity index is 1520. The Labute approximate surface area is 532 Å². The molecule has 8 aliphatic heterocycles. The van der Waals surface area contributed by atoms with E-state index < -0.39 is 0 Å². The van der Waals surface area contributed by atoms with Gasteiger partial charge in [-0.1, -0.05) is 39.5 Å². The Kier molecular flexibility index (Phi) is 45.2. The zero-order valence-electron chi connectivity index (χ0n) is 61.9. The van der Waals surface area contributed by atoms with Gasteiger partial charge in [0.15, 0.2) is 0 Å². The van der Waals surface area contributed by atoms with E-state index in [0.29, 0.717) is 55.0 Å². The number of morpholine rings is 2. The van der Waals surface area contributed by atoms with Gasteiger partial charge in [-0.3, -0.25) is 29.4 Å². The standard InChI is InChI=1S/2C10H21N.2C9H20N2.C9H19NO.C9H19N.2C8H17NO/c1-9(2)11-7-5-4-6-10(3)8-11;1-9(2)11-8-6-4-5-7-10(11)3;1-8(2)11-6-5-10(4)9(3)7-11;1-8(2)11-6-5-10(4)7-9(11)3;1-8(2)10-6-4-3-5-9(10)7-11;1-8(2)10-6-4-5-9(3)7-10;1-7(2)9-4-5-10-6-8(9)3;1-7(2)9-4-5-10-8(3)6-9/h2*9-10H,4-8H2,1-3H3;2*8-9H,5-7H2,1-4H3;8-9,11H,3-7H2,1-2H3;8-9H,4-7H2,1-3H3;2*7-8H,4-6H2,1-3H3/t2*10-;4*9-;2*8-/m11010110/s1. The fourth-order valence-electron chi connectivity index (χ4n) is 13.8. The second kappa shape index (κ2) is 46.5. The first-order valence-corrected chi connectivity index (χ1v) is 36.2. The molecule has 0 aliphatic carbocycles. The van der Waals surface area contributed by atoms with Crippen LogP contribution in [-0.4, -0.2) is 277 Å². The smallest absolute Gasteiger partial charge is 0.0674 e. The van der Waals surface area contributed by atoms with Crippen LogP contribution in [0.4, 0.5) is 0 Å². The van der Waals surface area contributed by atoms with Crippen LogP contribution in [0.2, 0.25) is 0 Å². The molecule has 0 amide bonds. The Balaban J connectivity index is 0.000000486. The van der Waals surface area contributed by atoms with Gasteiger partial charge in [-0.05, 0) is 249 Å². The number of rotatable bonds is 9. The quantitative estimate of drug-likeness (QED) is 0.239. The van der Waals surface area contributed by atoms with Crippen LogP contribution in [0.15, 0.2) is 0 Å². The molecule has 0 radical (unpaired) electrons. The lowest BCUT2D eigenvalue weighted by molar-refractivity contribution is -0.0289. The predicted octanol–water partition coefficient (Wildman–Crippen LogP) is 12.8. The van der Waals surface area contributed by atoms with Gasteiger partial charge in [-0.25, -0.2) is 0 Å². The molecule has 0 saturated carbocycles. The molecule has 0 spiro atoms. The fraction of sp³-hybridized carbons (Fsp3) is 1.00. The number of piperazine rings is 2. The van der Waals surface area contributed by atoms with E-state index in [2.05, 4.69) is 222 Å². The molecule has 510 valence electrons. The molecule has 8 heterocycles. The lowest BCUT2D eigenvalue weighted by atomic mass is 9.99. The minimum absolute atomic E-state index is 0.332. The van der Waals surface area contributed by atoms with Crippen LogP contribution in [0.3, 0.4) is 0 Å². The van der Waals surface area contributed by atoms with Crippen molar-refractivity contribution >= 4 is 0 Å². The zero-order chi connectivity index (χ0) is 64.3. The first-order chi connectivity index (χ1) is 40.0. The molecule has 8 fully saturated rings. The number of aliphatic hydroxyl groups is 1. The number of hydrogen-bond donors (Lipinski definition) is 1. The molecule has 0 unspecified atom stereocenters. The summed E-state index contributed by atoms with van der Waals surface area (Å²) in [4.78, 5) is 25.1. The summed E-state index contributed by atoms with van der Waals surface area (Å²) in [7, 11) is 4.41. The Hall–Kier alpha value is -0.520. The Morgan fingerprint density at radius 1 is 0.353 bits per heavy atom. The first kappa shape index (κ1) is 82.5. The molecule has 85 heavy (non-hydrogen) atoms. The number of likely N-dealkylation sites (N-methyl/N-ethyl adjacent to an activating group) is 2. The third-order valence-corrected chi connectivity index (χ3v) is 19.8. The van der Waals surface area contributed by atoms with Crippen LogP contribution in [0.25, 0.3) is 0 Å². The van der Waals surface area contributed by atoms with Crippen molar-refractivity contribution in [1.29, 1.82) is 0 Å². The van der Waals surface area contributed by atoms with Crippen molar-refractivity contribution in [2.45, 2.75) is 321 Å². The van der Waals surface area contributed by atoms with Gasteiger partial charge in [0.25, 0.3) is 0 Å². The molecule has 1 N–H and O–H groups in total. The van der Waals surface area contributed by atoms with Crippen molar-refractivity contribution in [3.8, 4) is 0 Å². The van der Waals surface area contributed by atoms with Gasteiger partial charge in [-0.2, -0.15) is 0 Å². The molecule has 0 aromatic carbocycles. The number of nitrogens with zero attached hydrogens (tertiary/aromatic N) is 10. The number of ether oxygens (including phenoxy) is 2. The van der Waals surface area contributed by atoms with Gasteiger partial charge in [0.2, 0.25) is 0 Å². The second-order valence-electron chi connectivity index (χ2n) is 30.1. The largest absolute Gasteiger partial charge is 0.395 e. The Morgan fingerprint density at radius 2 is 0.812 bits per heavy atom. The second-order valence-corrected chi connectivity index (χ2v) is 30.1. The summed E-state index contributed by atoms with van der Waals surface area (Å²) in [5, 5.41) is 9.07. The highest BCUT2D eigenvalue weighted by atomic mass is 16.5. The Morgan fingerprint density at radius 3 is 1.27 bits per heavy atom. The van der Waals surface area contributed by atoms with E-state index in [1.807, 2.05) is 0 Å². The third-order valence-electron chi connectivity index (χ3n) is 19.8. The van der Waals surface area contributed by atoms with E-state index in [1.165, 1.54) is 156 Å². The summed E-state index contributed by atoms with van der Waals surface area (Å²) in [6, 6.07) is 8.90. The molecule has 8 aliphatic rings. The highest BCUT2D eigenvalue weighted by Crippen LogP contribution is 2.22. The summed E-state index contributed by atoms with van der Waals surface area (Å²) in [5.41, 5.74) is 0. The van der Waals surface area contributed by atoms with Crippen LogP contribution in [0, 0.1) is 11.8 Å². The summed E-state index contributed by atoms with van der Waals surface area (Å²) < 4.78 is 10.7. The molecular formula is C72H154N10O3. The van der Waals surface area contributed by atoms with Gasteiger partial charge in [0, 0.05) is 151 Å². The topological polar surface area (TPSA) is 71.1 Å². The van der Waals surface area contributed by atoms with E-state index in [4.69, 9.17) is 14.6 Å². The van der Waals surface area contributed by atoms with E-state index >= 15 is 0 Å². The van der Waals surface area contributed by atoms with Crippen molar-refractivity contribution in [2.24, 2.45) is 11.8 Å². The fourth-order valence-corrected chi connectivity index (χ4v) is 13.8. The maximum Gasteiger partial charge on any atom is 0.0674 e. The van der Waals surface area contributed by atoms with Crippen LogP contribution in [-0.2, 0) is 9.47 Å². The van der Waals surface area contributed by atoms with Crippen LogP contribution < -0.4 is 0 Å². The third kappa shape index (κ3) is 35.8. The normalized spacial score (nSPS) is 29.2.